The maximum atomic E-state index is 11.7. The minimum atomic E-state index is -0.436. The molecule has 1 aromatic heterocycles. The van der Waals surface area contributed by atoms with Gasteiger partial charge in [0.25, 0.3) is 5.91 Å². The van der Waals surface area contributed by atoms with Crippen molar-refractivity contribution in [1.82, 2.24) is 10.3 Å². The molecule has 0 bridgehead atoms. The van der Waals surface area contributed by atoms with Crippen molar-refractivity contribution in [3.8, 4) is 0 Å². The first-order chi connectivity index (χ1) is 9.79. The second-order valence-electron chi connectivity index (χ2n) is 4.78. The number of carbonyl (C=O) groups is 1. The second-order valence-corrected chi connectivity index (χ2v) is 4.78. The summed E-state index contributed by atoms with van der Waals surface area (Å²) in [5.41, 5.74) is 0. The number of anilines is 1. The molecule has 20 heavy (non-hydrogen) atoms. The third kappa shape index (κ3) is 2.32. The maximum Gasteiger partial charge on any atom is 0.250 e. The summed E-state index contributed by atoms with van der Waals surface area (Å²) in [6, 6.07) is 10.1. The van der Waals surface area contributed by atoms with E-state index in [9.17, 15) is 4.79 Å². The molecule has 1 fully saturated rings. The fourth-order valence-corrected chi connectivity index (χ4v) is 2.52. The smallest absolute Gasteiger partial charge is 0.250 e. The van der Waals surface area contributed by atoms with E-state index in [2.05, 4.69) is 27.3 Å². The number of carbonyl (C=O) groups excluding carboxylic acids is 1. The molecule has 0 radical (unpaired) electrons. The predicted octanol–water partition coefficient (Wildman–Crippen LogP) is 1.19. The monoisotopic (exact) mass is 271 g/mol. The molecule has 1 N–H and O–H groups in total. The number of amides is 1. The number of fused-ring (bicyclic) bond motifs is 1. The first kappa shape index (κ1) is 12.9. The van der Waals surface area contributed by atoms with Gasteiger partial charge in [-0.05, 0) is 11.5 Å². The van der Waals surface area contributed by atoms with Crippen LogP contribution < -0.4 is 10.2 Å². The van der Waals surface area contributed by atoms with Gasteiger partial charge in [-0.15, -0.1) is 0 Å². The number of rotatable bonds is 2. The lowest BCUT2D eigenvalue weighted by molar-refractivity contribution is -0.132. The summed E-state index contributed by atoms with van der Waals surface area (Å²) in [6.45, 7) is 1.80. The van der Waals surface area contributed by atoms with Crippen LogP contribution in [0.15, 0.2) is 36.5 Å². The van der Waals surface area contributed by atoms with Gasteiger partial charge in [-0.1, -0.05) is 24.3 Å². The highest BCUT2D eigenvalue weighted by Crippen LogP contribution is 2.25. The normalized spacial score (nSPS) is 19.1. The summed E-state index contributed by atoms with van der Waals surface area (Å²) in [6.07, 6.45) is 1.37. The Labute approximate surface area is 117 Å². The van der Waals surface area contributed by atoms with Crippen LogP contribution in [0.2, 0.25) is 0 Å². The molecule has 1 atom stereocenters. The van der Waals surface area contributed by atoms with E-state index in [4.69, 9.17) is 4.74 Å². The SMILES string of the molecule is CNC(=O)C1CN(c2nccc3ccccc23)CCO1. The van der Waals surface area contributed by atoms with Crippen molar-refractivity contribution in [3.05, 3.63) is 36.5 Å². The summed E-state index contributed by atoms with van der Waals surface area (Å²) in [4.78, 5) is 18.3. The van der Waals surface area contributed by atoms with Gasteiger partial charge in [0, 0.05) is 25.2 Å². The van der Waals surface area contributed by atoms with Crippen LogP contribution in [-0.4, -0.2) is 43.7 Å². The molecular formula is C15H17N3O2. The zero-order chi connectivity index (χ0) is 13.9. The van der Waals surface area contributed by atoms with Crippen molar-refractivity contribution in [3.63, 3.8) is 0 Å². The summed E-state index contributed by atoms with van der Waals surface area (Å²) >= 11 is 0. The number of nitrogens with one attached hydrogen (secondary N) is 1. The van der Waals surface area contributed by atoms with E-state index in [1.807, 2.05) is 24.4 Å². The van der Waals surface area contributed by atoms with Crippen LogP contribution >= 0.6 is 0 Å². The number of morpholine rings is 1. The van der Waals surface area contributed by atoms with Gasteiger partial charge in [0.2, 0.25) is 0 Å². The van der Waals surface area contributed by atoms with Gasteiger partial charge < -0.3 is 15.0 Å². The Morgan fingerprint density at radius 3 is 3.10 bits per heavy atom. The minimum Gasteiger partial charge on any atom is -0.365 e. The van der Waals surface area contributed by atoms with Crippen molar-refractivity contribution in [1.29, 1.82) is 0 Å². The fraction of sp³-hybridized carbons (Fsp3) is 0.333. The molecule has 1 saturated heterocycles. The average molecular weight is 271 g/mol. The minimum absolute atomic E-state index is 0.0880. The van der Waals surface area contributed by atoms with Gasteiger partial charge in [-0.2, -0.15) is 0 Å². The molecular weight excluding hydrogens is 254 g/mol. The molecule has 1 amide bonds. The van der Waals surface area contributed by atoms with Crippen LogP contribution in [0.25, 0.3) is 10.8 Å². The molecule has 0 saturated carbocycles. The number of aromatic nitrogens is 1. The predicted molar refractivity (Wildman–Crippen MR) is 77.8 cm³/mol. The van der Waals surface area contributed by atoms with Gasteiger partial charge in [-0.3, -0.25) is 4.79 Å². The van der Waals surface area contributed by atoms with Gasteiger partial charge in [-0.25, -0.2) is 4.98 Å². The molecule has 1 aromatic carbocycles. The highest BCUT2D eigenvalue weighted by molar-refractivity contribution is 5.92. The van der Waals surface area contributed by atoms with E-state index < -0.39 is 6.10 Å². The van der Waals surface area contributed by atoms with E-state index >= 15 is 0 Å². The molecule has 5 heteroatoms. The highest BCUT2D eigenvalue weighted by atomic mass is 16.5. The summed E-state index contributed by atoms with van der Waals surface area (Å²) in [5.74, 6) is 0.829. The molecule has 1 unspecified atom stereocenters. The molecule has 1 aliphatic heterocycles. The number of ether oxygens (including phenoxy) is 1. The Morgan fingerprint density at radius 2 is 2.25 bits per heavy atom. The summed E-state index contributed by atoms with van der Waals surface area (Å²) in [5, 5.41) is 4.89. The molecule has 104 valence electrons. The lowest BCUT2D eigenvalue weighted by Gasteiger charge is -2.33. The van der Waals surface area contributed by atoms with Crippen LogP contribution in [-0.2, 0) is 9.53 Å². The van der Waals surface area contributed by atoms with Crippen molar-refractivity contribution in [2.75, 3.05) is 31.6 Å². The first-order valence-electron chi connectivity index (χ1n) is 6.71. The van der Waals surface area contributed by atoms with Crippen LogP contribution in [0.1, 0.15) is 0 Å². The molecule has 3 rings (SSSR count). The Hall–Kier alpha value is -2.14. The lowest BCUT2D eigenvalue weighted by Crippen LogP contribution is -2.49. The Kier molecular flexibility index (Phi) is 3.52. The van der Waals surface area contributed by atoms with Crippen molar-refractivity contribution in [2.24, 2.45) is 0 Å². The first-order valence-corrected chi connectivity index (χ1v) is 6.71. The lowest BCUT2D eigenvalue weighted by atomic mass is 10.1. The molecule has 0 spiro atoms. The van der Waals surface area contributed by atoms with Gasteiger partial charge in [0.1, 0.15) is 5.82 Å². The van der Waals surface area contributed by atoms with E-state index in [0.29, 0.717) is 13.2 Å². The van der Waals surface area contributed by atoms with Gasteiger partial charge in [0.05, 0.1) is 13.2 Å². The Bertz CT molecular complexity index is 624. The number of pyridine rings is 1. The number of nitrogens with zero attached hydrogens (tertiary/aromatic N) is 2. The van der Waals surface area contributed by atoms with Gasteiger partial charge in [0.15, 0.2) is 6.10 Å². The number of hydrogen-bond donors (Lipinski definition) is 1. The molecule has 1 aliphatic rings. The Balaban J connectivity index is 1.92. The van der Waals surface area contributed by atoms with Crippen LogP contribution in [0.5, 0.6) is 0 Å². The molecule has 2 aromatic rings. The van der Waals surface area contributed by atoms with Gasteiger partial charge >= 0.3 is 0 Å². The molecule has 2 heterocycles. The van der Waals surface area contributed by atoms with E-state index in [1.165, 1.54) is 0 Å². The zero-order valence-electron chi connectivity index (χ0n) is 11.4. The largest absolute Gasteiger partial charge is 0.365 e. The highest BCUT2D eigenvalue weighted by Gasteiger charge is 2.27. The van der Waals surface area contributed by atoms with Crippen molar-refractivity contribution in [2.45, 2.75) is 6.10 Å². The zero-order valence-corrected chi connectivity index (χ0v) is 11.4. The third-order valence-corrected chi connectivity index (χ3v) is 3.56. The topological polar surface area (TPSA) is 54.5 Å². The number of hydrogen-bond acceptors (Lipinski definition) is 4. The van der Waals surface area contributed by atoms with Crippen molar-refractivity contribution < 1.29 is 9.53 Å². The van der Waals surface area contributed by atoms with E-state index in [0.717, 1.165) is 23.1 Å². The quantitative estimate of drug-likeness (QED) is 0.891. The maximum absolute atomic E-state index is 11.7. The van der Waals surface area contributed by atoms with Crippen LogP contribution in [0, 0.1) is 0 Å². The second kappa shape index (κ2) is 5.46. The number of likely N-dealkylation sites (N-methyl/N-ethyl adjacent to an activating group) is 1. The molecule has 5 nitrogen and oxygen atoms in total. The summed E-state index contributed by atoms with van der Waals surface area (Å²) in [7, 11) is 1.63. The summed E-state index contributed by atoms with van der Waals surface area (Å²) < 4.78 is 5.51. The van der Waals surface area contributed by atoms with Crippen molar-refractivity contribution >= 4 is 22.5 Å². The van der Waals surface area contributed by atoms with Crippen LogP contribution in [0.3, 0.4) is 0 Å². The standard InChI is InChI=1S/C15H17N3O2/c1-16-15(19)13-10-18(8-9-20-13)14-12-5-3-2-4-11(12)6-7-17-14/h2-7,13H,8-10H2,1H3,(H,16,19). The average Bonchev–Trinajstić information content (AvgIpc) is 2.53. The third-order valence-electron chi connectivity index (χ3n) is 3.56. The number of benzene rings is 1. The fourth-order valence-electron chi connectivity index (χ4n) is 2.52. The van der Waals surface area contributed by atoms with Crippen LogP contribution in [0.4, 0.5) is 5.82 Å². The van der Waals surface area contributed by atoms with E-state index in [1.54, 1.807) is 7.05 Å². The molecule has 0 aliphatic carbocycles. The Morgan fingerprint density at radius 1 is 1.40 bits per heavy atom. The van der Waals surface area contributed by atoms with E-state index in [-0.39, 0.29) is 5.91 Å².